The second-order valence-corrected chi connectivity index (χ2v) is 17.0. The smallest absolute Gasteiger partial charge is 0.306 e. The number of rotatable bonds is 44. The van der Waals surface area contributed by atoms with E-state index in [2.05, 4.69) is 27.7 Å². The van der Waals surface area contributed by atoms with Gasteiger partial charge in [-0.05, 0) is 25.2 Å². The number of esters is 3. The highest BCUT2D eigenvalue weighted by Crippen LogP contribution is 2.17. The highest BCUT2D eigenvalue weighted by atomic mass is 16.6. The topological polar surface area (TPSA) is 78.9 Å². The molecule has 0 heterocycles. The molecule has 2 atom stereocenters. The van der Waals surface area contributed by atoms with Crippen LogP contribution in [0.2, 0.25) is 0 Å². The van der Waals surface area contributed by atoms with Gasteiger partial charge in [-0.15, -0.1) is 0 Å². The lowest BCUT2D eigenvalue weighted by Gasteiger charge is -2.18. The molecule has 1 unspecified atom stereocenters. The van der Waals surface area contributed by atoms with Crippen molar-refractivity contribution in [2.24, 2.45) is 5.92 Å². The molecule has 55 heavy (non-hydrogen) atoms. The highest BCUT2D eigenvalue weighted by molar-refractivity contribution is 5.71. The Labute approximate surface area is 342 Å². The summed E-state index contributed by atoms with van der Waals surface area (Å²) in [4.78, 5) is 37.8. The van der Waals surface area contributed by atoms with Crippen LogP contribution in [0.15, 0.2) is 0 Å². The van der Waals surface area contributed by atoms with Gasteiger partial charge in [0.05, 0.1) is 0 Å². The number of ether oxygens (including phenoxy) is 3. The molecule has 0 amide bonds. The largest absolute Gasteiger partial charge is 0.462 e. The average molecular weight is 779 g/mol. The molecule has 0 fully saturated rings. The van der Waals surface area contributed by atoms with E-state index < -0.39 is 6.10 Å². The van der Waals surface area contributed by atoms with Crippen molar-refractivity contribution in [3.05, 3.63) is 0 Å². The van der Waals surface area contributed by atoms with E-state index >= 15 is 0 Å². The molecule has 0 aliphatic rings. The summed E-state index contributed by atoms with van der Waals surface area (Å²) >= 11 is 0. The minimum Gasteiger partial charge on any atom is -0.462 e. The first-order chi connectivity index (χ1) is 26.9. The van der Waals surface area contributed by atoms with Crippen LogP contribution in [0, 0.1) is 5.92 Å². The molecule has 0 saturated carbocycles. The fraction of sp³-hybridized carbons (Fsp3) is 0.939. The summed E-state index contributed by atoms with van der Waals surface area (Å²) in [6, 6.07) is 0. The van der Waals surface area contributed by atoms with Gasteiger partial charge in [-0.3, -0.25) is 14.4 Å². The molecule has 0 saturated heterocycles. The third-order valence-electron chi connectivity index (χ3n) is 11.4. The molecular weight excluding hydrogens is 685 g/mol. The summed E-state index contributed by atoms with van der Waals surface area (Å²) in [6.07, 6.45) is 43.6. The van der Waals surface area contributed by atoms with E-state index in [1.807, 2.05) is 0 Å². The van der Waals surface area contributed by atoms with Crippen LogP contribution >= 0.6 is 0 Å². The molecule has 0 rings (SSSR count). The molecular formula is C49H94O6. The minimum atomic E-state index is -0.759. The Morgan fingerprint density at radius 2 is 0.636 bits per heavy atom. The van der Waals surface area contributed by atoms with Crippen molar-refractivity contribution in [2.75, 3.05) is 13.2 Å². The lowest BCUT2D eigenvalue weighted by atomic mass is 9.99. The summed E-state index contributed by atoms with van der Waals surface area (Å²) in [6.45, 7) is 9.03. The quantitative estimate of drug-likeness (QED) is 0.0348. The fourth-order valence-corrected chi connectivity index (χ4v) is 7.30. The lowest BCUT2D eigenvalue weighted by molar-refractivity contribution is -0.167. The van der Waals surface area contributed by atoms with E-state index in [1.165, 1.54) is 167 Å². The molecule has 0 bridgehead atoms. The first kappa shape index (κ1) is 53.4. The first-order valence-electron chi connectivity index (χ1n) is 24.4. The predicted molar refractivity (Wildman–Crippen MR) is 233 cm³/mol. The Kier molecular flexibility index (Phi) is 42.3. The maximum atomic E-state index is 12.7. The van der Waals surface area contributed by atoms with Gasteiger partial charge in [0.15, 0.2) is 6.10 Å². The van der Waals surface area contributed by atoms with Crippen molar-refractivity contribution in [1.82, 2.24) is 0 Å². The second kappa shape index (κ2) is 43.5. The van der Waals surface area contributed by atoms with Gasteiger partial charge < -0.3 is 14.2 Å². The number of hydrogen-bond donors (Lipinski definition) is 0. The van der Waals surface area contributed by atoms with Crippen LogP contribution in [0.25, 0.3) is 0 Å². The van der Waals surface area contributed by atoms with E-state index in [1.54, 1.807) is 0 Å². The Morgan fingerprint density at radius 1 is 0.364 bits per heavy atom. The number of carbonyl (C=O) groups is 3. The molecule has 0 N–H and O–H groups in total. The van der Waals surface area contributed by atoms with Crippen molar-refractivity contribution < 1.29 is 28.6 Å². The SMILES string of the molecule is CCCCCCCCCCCCCCC(=O)OC[C@H](COC(=O)CCCCCCCCCCCCC(C)CC)OC(=O)CCCCCCCCCCCCC. The normalized spacial score (nSPS) is 12.4. The number of unbranched alkanes of at least 4 members (excludes halogenated alkanes) is 30. The van der Waals surface area contributed by atoms with Gasteiger partial charge in [0.1, 0.15) is 13.2 Å². The minimum absolute atomic E-state index is 0.0633. The molecule has 6 nitrogen and oxygen atoms in total. The zero-order chi connectivity index (χ0) is 40.3. The maximum Gasteiger partial charge on any atom is 0.306 e. The van der Waals surface area contributed by atoms with Gasteiger partial charge in [-0.2, -0.15) is 0 Å². The Morgan fingerprint density at radius 3 is 0.945 bits per heavy atom. The van der Waals surface area contributed by atoms with E-state index in [0.717, 1.165) is 63.7 Å². The van der Waals surface area contributed by atoms with Crippen LogP contribution < -0.4 is 0 Å². The summed E-state index contributed by atoms with van der Waals surface area (Å²) in [5.74, 6) is 0.0200. The van der Waals surface area contributed by atoms with Crippen LogP contribution in [-0.2, 0) is 28.6 Å². The second-order valence-electron chi connectivity index (χ2n) is 17.0. The van der Waals surface area contributed by atoms with Crippen molar-refractivity contribution in [3.8, 4) is 0 Å². The van der Waals surface area contributed by atoms with Crippen molar-refractivity contribution in [1.29, 1.82) is 0 Å². The molecule has 0 spiro atoms. The van der Waals surface area contributed by atoms with Gasteiger partial charge in [-0.1, -0.05) is 233 Å². The average Bonchev–Trinajstić information content (AvgIpc) is 3.18. The number of hydrogen-bond acceptors (Lipinski definition) is 6. The van der Waals surface area contributed by atoms with Crippen LogP contribution in [0.1, 0.15) is 272 Å². The van der Waals surface area contributed by atoms with Crippen LogP contribution in [0.4, 0.5) is 0 Å². The summed E-state index contributed by atoms with van der Waals surface area (Å²) in [5, 5.41) is 0. The highest BCUT2D eigenvalue weighted by Gasteiger charge is 2.19. The Hall–Kier alpha value is -1.59. The van der Waals surface area contributed by atoms with E-state index in [0.29, 0.717) is 19.3 Å². The zero-order valence-corrected chi connectivity index (χ0v) is 37.4. The predicted octanol–water partition coefficient (Wildman–Crippen LogP) is 15.5. The molecule has 0 aromatic rings. The zero-order valence-electron chi connectivity index (χ0n) is 37.4. The van der Waals surface area contributed by atoms with Gasteiger partial charge in [0.25, 0.3) is 0 Å². The molecule has 0 aromatic carbocycles. The summed E-state index contributed by atoms with van der Waals surface area (Å²) in [7, 11) is 0. The summed E-state index contributed by atoms with van der Waals surface area (Å²) < 4.78 is 16.8. The van der Waals surface area contributed by atoms with Crippen molar-refractivity contribution in [3.63, 3.8) is 0 Å². The van der Waals surface area contributed by atoms with E-state index in [-0.39, 0.29) is 31.1 Å². The van der Waals surface area contributed by atoms with Gasteiger partial charge in [-0.25, -0.2) is 0 Å². The molecule has 326 valence electrons. The molecule has 6 heteroatoms. The fourth-order valence-electron chi connectivity index (χ4n) is 7.30. The van der Waals surface area contributed by atoms with Gasteiger partial charge in [0.2, 0.25) is 0 Å². The third-order valence-corrected chi connectivity index (χ3v) is 11.4. The van der Waals surface area contributed by atoms with Crippen molar-refractivity contribution >= 4 is 17.9 Å². The van der Waals surface area contributed by atoms with Crippen LogP contribution in [0.5, 0.6) is 0 Å². The van der Waals surface area contributed by atoms with Gasteiger partial charge >= 0.3 is 17.9 Å². The van der Waals surface area contributed by atoms with E-state index in [4.69, 9.17) is 14.2 Å². The van der Waals surface area contributed by atoms with Crippen LogP contribution in [0.3, 0.4) is 0 Å². The van der Waals surface area contributed by atoms with Crippen molar-refractivity contribution in [2.45, 2.75) is 278 Å². The van der Waals surface area contributed by atoms with E-state index in [9.17, 15) is 14.4 Å². The molecule has 0 aliphatic carbocycles. The molecule has 0 radical (unpaired) electrons. The molecule has 0 aromatic heterocycles. The molecule has 0 aliphatic heterocycles. The van der Waals surface area contributed by atoms with Gasteiger partial charge in [0, 0.05) is 19.3 Å². The Balaban J connectivity index is 4.32. The standard InChI is InChI=1S/C49H94O6/c1-5-8-10-12-14-16-18-20-24-28-32-36-40-47(50)53-43-46(55-49(52)42-38-34-30-26-19-17-15-13-11-9-6-2)44-54-48(51)41-37-33-29-25-22-21-23-27-31-35-39-45(4)7-3/h45-46H,5-44H2,1-4H3/t45?,46-/m1/s1. The Bertz CT molecular complexity index is 828. The maximum absolute atomic E-state index is 12.7. The van der Waals surface area contributed by atoms with Crippen LogP contribution in [-0.4, -0.2) is 37.2 Å². The summed E-state index contributed by atoms with van der Waals surface area (Å²) in [5.41, 5.74) is 0. The number of carbonyl (C=O) groups excluding carboxylic acids is 3. The first-order valence-corrected chi connectivity index (χ1v) is 24.4. The monoisotopic (exact) mass is 779 g/mol. The lowest BCUT2D eigenvalue weighted by Crippen LogP contribution is -2.30. The third kappa shape index (κ3) is 41.9.